The highest BCUT2D eigenvalue weighted by molar-refractivity contribution is 7.88. The van der Waals surface area contributed by atoms with E-state index >= 15 is 0 Å². The average molecular weight is 309 g/mol. The Hall–Kier alpha value is -0.210. The summed E-state index contributed by atoms with van der Waals surface area (Å²) in [5, 5.41) is 0. The Balaban J connectivity index is 2.46. The first-order chi connectivity index (χ1) is 9.29. The molecule has 1 aliphatic rings. The molecule has 0 N–H and O–H groups in total. The summed E-state index contributed by atoms with van der Waals surface area (Å²) < 4.78 is 41.1. The molecule has 7 heteroatoms. The van der Waals surface area contributed by atoms with E-state index in [1.807, 2.05) is 13.8 Å². The van der Waals surface area contributed by atoms with E-state index in [0.29, 0.717) is 13.2 Å². The van der Waals surface area contributed by atoms with Crippen LogP contribution in [0.15, 0.2) is 0 Å². The molecule has 1 aliphatic heterocycles. The molecule has 0 bridgehead atoms. The van der Waals surface area contributed by atoms with Gasteiger partial charge in [-0.25, -0.2) is 12.7 Å². The molecule has 0 spiro atoms. The molecule has 1 saturated heterocycles. The second-order valence-electron chi connectivity index (χ2n) is 5.50. The van der Waals surface area contributed by atoms with Gasteiger partial charge in [-0.1, -0.05) is 0 Å². The Labute approximate surface area is 122 Å². The first-order valence-electron chi connectivity index (χ1n) is 7.05. The van der Waals surface area contributed by atoms with Crippen molar-refractivity contribution >= 4 is 10.0 Å². The summed E-state index contributed by atoms with van der Waals surface area (Å²) in [4.78, 5) is 0. The van der Waals surface area contributed by atoms with Gasteiger partial charge in [-0.15, -0.1) is 0 Å². The van der Waals surface area contributed by atoms with E-state index in [0.717, 1.165) is 26.1 Å². The smallest absolute Gasteiger partial charge is 0.211 e. The van der Waals surface area contributed by atoms with E-state index in [-0.39, 0.29) is 18.3 Å². The molecular formula is C13H27NO5S. The lowest BCUT2D eigenvalue weighted by Gasteiger charge is -2.28. The highest BCUT2D eigenvalue weighted by atomic mass is 32.2. The van der Waals surface area contributed by atoms with Gasteiger partial charge in [-0.2, -0.15) is 0 Å². The molecule has 0 aromatic rings. The van der Waals surface area contributed by atoms with Gasteiger partial charge < -0.3 is 14.2 Å². The van der Waals surface area contributed by atoms with Crippen LogP contribution in [0.1, 0.15) is 26.7 Å². The molecule has 0 unspecified atom stereocenters. The van der Waals surface area contributed by atoms with Gasteiger partial charge in [0, 0.05) is 26.8 Å². The molecule has 0 aromatic carbocycles. The zero-order valence-electron chi connectivity index (χ0n) is 12.9. The van der Waals surface area contributed by atoms with Gasteiger partial charge >= 0.3 is 0 Å². The maximum absolute atomic E-state index is 11.5. The fraction of sp³-hybridized carbons (Fsp3) is 1.00. The number of ether oxygens (including phenoxy) is 3. The summed E-state index contributed by atoms with van der Waals surface area (Å²) in [7, 11) is -1.64. The van der Waals surface area contributed by atoms with E-state index in [1.54, 1.807) is 7.05 Å². The lowest BCUT2D eigenvalue weighted by molar-refractivity contribution is -0.0909. The van der Waals surface area contributed by atoms with E-state index in [1.165, 1.54) is 10.6 Å². The molecule has 120 valence electrons. The van der Waals surface area contributed by atoms with Gasteiger partial charge in [-0.3, -0.25) is 0 Å². The van der Waals surface area contributed by atoms with Crippen molar-refractivity contribution in [1.82, 2.24) is 4.31 Å². The van der Waals surface area contributed by atoms with E-state index in [4.69, 9.17) is 14.2 Å². The third-order valence-electron chi connectivity index (χ3n) is 3.18. The van der Waals surface area contributed by atoms with Gasteiger partial charge in [-0.05, 0) is 26.7 Å². The van der Waals surface area contributed by atoms with E-state index in [9.17, 15) is 8.42 Å². The molecule has 0 amide bonds. The summed E-state index contributed by atoms with van der Waals surface area (Å²) in [6.45, 7) is 6.03. The number of hydrogen-bond donors (Lipinski definition) is 0. The molecule has 0 aromatic heterocycles. The minimum absolute atomic E-state index is 0.0336. The van der Waals surface area contributed by atoms with Crippen LogP contribution in [0.2, 0.25) is 0 Å². The summed E-state index contributed by atoms with van der Waals surface area (Å²) in [5.41, 5.74) is 0. The lowest BCUT2D eigenvalue weighted by atomic mass is 10.1. The molecule has 0 aliphatic carbocycles. The summed E-state index contributed by atoms with van der Waals surface area (Å²) in [5.74, 6) is 0. The van der Waals surface area contributed by atoms with Crippen LogP contribution >= 0.6 is 0 Å². The van der Waals surface area contributed by atoms with E-state index in [2.05, 4.69) is 0 Å². The van der Waals surface area contributed by atoms with Crippen LogP contribution in [0.5, 0.6) is 0 Å². The summed E-state index contributed by atoms with van der Waals surface area (Å²) in [6, 6.07) is 0. The maximum Gasteiger partial charge on any atom is 0.211 e. The number of rotatable bonds is 8. The quantitative estimate of drug-likeness (QED) is 0.665. The minimum atomic E-state index is -3.20. The number of sulfonamides is 1. The molecule has 6 nitrogen and oxygen atoms in total. The highest BCUT2D eigenvalue weighted by Gasteiger charge is 2.22. The van der Waals surface area contributed by atoms with Crippen molar-refractivity contribution < 1.29 is 22.6 Å². The fourth-order valence-electron chi connectivity index (χ4n) is 2.03. The molecule has 1 heterocycles. The number of likely N-dealkylation sites (N-methyl/N-ethyl adjacent to an activating group) is 1. The summed E-state index contributed by atoms with van der Waals surface area (Å²) in [6.07, 6.45) is 2.93. The van der Waals surface area contributed by atoms with Gasteiger partial charge in [0.2, 0.25) is 10.0 Å². The average Bonchev–Trinajstić information content (AvgIpc) is 2.35. The topological polar surface area (TPSA) is 65.1 Å². The second kappa shape index (κ2) is 8.29. The zero-order valence-corrected chi connectivity index (χ0v) is 13.7. The normalized spacial score (nSPS) is 19.7. The third-order valence-corrected chi connectivity index (χ3v) is 4.46. The van der Waals surface area contributed by atoms with Crippen molar-refractivity contribution in [2.45, 2.75) is 45.0 Å². The molecular weight excluding hydrogens is 282 g/mol. The molecule has 0 radical (unpaired) electrons. The Kier molecular flexibility index (Phi) is 7.39. The van der Waals surface area contributed by atoms with Crippen LogP contribution in [-0.4, -0.2) is 70.7 Å². The summed E-state index contributed by atoms with van der Waals surface area (Å²) >= 11 is 0. The van der Waals surface area contributed by atoms with E-state index < -0.39 is 10.0 Å². The van der Waals surface area contributed by atoms with Gasteiger partial charge in [0.1, 0.15) is 0 Å². The van der Waals surface area contributed by atoms with Crippen LogP contribution < -0.4 is 0 Å². The Morgan fingerprint density at radius 3 is 2.40 bits per heavy atom. The monoisotopic (exact) mass is 309 g/mol. The molecule has 1 fully saturated rings. The predicted octanol–water partition coefficient (Wildman–Crippen LogP) is 0.867. The van der Waals surface area contributed by atoms with Crippen molar-refractivity contribution in [3.63, 3.8) is 0 Å². The highest BCUT2D eigenvalue weighted by Crippen LogP contribution is 2.12. The van der Waals surface area contributed by atoms with Crippen LogP contribution in [0.25, 0.3) is 0 Å². The Bertz CT molecular complexity index is 365. The first-order valence-corrected chi connectivity index (χ1v) is 8.90. The Morgan fingerprint density at radius 2 is 1.90 bits per heavy atom. The Morgan fingerprint density at radius 1 is 1.30 bits per heavy atom. The van der Waals surface area contributed by atoms with Crippen LogP contribution in [-0.2, 0) is 24.2 Å². The van der Waals surface area contributed by atoms with Gasteiger partial charge in [0.25, 0.3) is 0 Å². The van der Waals surface area contributed by atoms with Crippen molar-refractivity contribution in [3.05, 3.63) is 0 Å². The standard InChI is InChI=1S/C13H27NO5S/c1-11(2)19-13(9-14(3)20(4,15)16)10-18-12-5-7-17-8-6-12/h11-13H,5-10H2,1-4H3/t13-/m0/s1. The maximum atomic E-state index is 11.5. The molecule has 20 heavy (non-hydrogen) atoms. The lowest BCUT2D eigenvalue weighted by Crippen LogP contribution is -2.39. The van der Waals surface area contributed by atoms with Crippen LogP contribution in [0.3, 0.4) is 0 Å². The third kappa shape index (κ3) is 6.99. The second-order valence-corrected chi connectivity index (χ2v) is 7.58. The van der Waals surface area contributed by atoms with Crippen molar-refractivity contribution in [1.29, 1.82) is 0 Å². The SMILES string of the molecule is CC(C)O[C@H](COC1CCOCC1)CN(C)S(C)(=O)=O. The minimum Gasteiger partial charge on any atom is -0.381 e. The van der Waals surface area contributed by atoms with Crippen molar-refractivity contribution in [2.75, 3.05) is 39.7 Å². The van der Waals surface area contributed by atoms with Crippen LogP contribution in [0.4, 0.5) is 0 Å². The predicted molar refractivity (Wildman–Crippen MR) is 77.3 cm³/mol. The van der Waals surface area contributed by atoms with Gasteiger partial charge in [0.05, 0.1) is 31.2 Å². The largest absolute Gasteiger partial charge is 0.381 e. The van der Waals surface area contributed by atoms with Gasteiger partial charge in [0.15, 0.2) is 0 Å². The van der Waals surface area contributed by atoms with Crippen LogP contribution in [0, 0.1) is 0 Å². The first kappa shape index (κ1) is 17.8. The van der Waals surface area contributed by atoms with Crippen molar-refractivity contribution in [3.8, 4) is 0 Å². The molecule has 0 saturated carbocycles. The molecule has 1 rings (SSSR count). The number of nitrogens with zero attached hydrogens (tertiary/aromatic N) is 1. The molecule has 1 atom stereocenters. The zero-order chi connectivity index (χ0) is 15.2. The fourth-order valence-corrected chi connectivity index (χ4v) is 2.47. The number of hydrogen-bond acceptors (Lipinski definition) is 5. The van der Waals surface area contributed by atoms with Crippen molar-refractivity contribution in [2.24, 2.45) is 0 Å².